The molecule has 0 unspecified atom stereocenters. The molecule has 1 heterocycles. The van der Waals surface area contributed by atoms with Crippen LogP contribution in [0.15, 0.2) is 36.5 Å². The zero-order valence-corrected chi connectivity index (χ0v) is 11.3. The van der Waals surface area contributed by atoms with E-state index in [-0.39, 0.29) is 11.3 Å². The molecule has 0 amide bonds. The molecule has 0 spiro atoms. The number of benzene rings is 2. The summed E-state index contributed by atoms with van der Waals surface area (Å²) in [6.07, 6.45) is 1.39. The van der Waals surface area contributed by atoms with Gasteiger partial charge in [0, 0.05) is 27.7 Å². The summed E-state index contributed by atoms with van der Waals surface area (Å²) in [5.41, 5.74) is 5.22. The normalized spacial score (nSPS) is 11.0. The molecular formula is C15H9ClF2N2O. The predicted molar refractivity (Wildman–Crippen MR) is 77.5 cm³/mol. The third-order valence-corrected chi connectivity index (χ3v) is 3.47. The van der Waals surface area contributed by atoms with E-state index in [1.807, 2.05) is 0 Å². The number of nitrogen functional groups attached to an aromatic ring is 1. The van der Waals surface area contributed by atoms with Crippen molar-refractivity contribution in [2.45, 2.75) is 0 Å². The Morgan fingerprint density at radius 1 is 1.19 bits per heavy atom. The van der Waals surface area contributed by atoms with E-state index in [1.54, 1.807) is 18.2 Å². The number of ketones is 1. The molecule has 3 N–H and O–H groups in total. The number of carbonyl (C=O) groups excluding carboxylic acids is 1. The highest BCUT2D eigenvalue weighted by atomic mass is 35.5. The minimum atomic E-state index is -1.05. The Hall–Kier alpha value is -2.40. The van der Waals surface area contributed by atoms with Crippen molar-refractivity contribution < 1.29 is 13.6 Å². The second kappa shape index (κ2) is 4.86. The molecule has 0 saturated carbocycles. The van der Waals surface area contributed by atoms with Gasteiger partial charge < -0.3 is 10.7 Å². The van der Waals surface area contributed by atoms with Crippen LogP contribution in [0.5, 0.6) is 0 Å². The average Bonchev–Trinajstić information content (AvgIpc) is 2.86. The van der Waals surface area contributed by atoms with E-state index in [4.69, 9.17) is 17.3 Å². The maximum Gasteiger partial charge on any atom is 0.201 e. The summed E-state index contributed by atoms with van der Waals surface area (Å²) >= 11 is 5.85. The van der Waals surface area contributed by atoms with Gasteiger partial charge in [-0.1, -0.05) is 17.7 Å². The maximum absolute atomic E-state index is 14.0. The second-order valence-corrected chi connectivity index (χ2v) is 4.98. The van der Waals surface area contributed by atoms with Crippen LogP contribution in [0.25, 0.3) is 10.9 Å². The molecule has 2 aromatic carbocycles. The monoisotopic (exact) mass is 306 g/mol. The summed E-state index contributed by atoms with van der Waals surface area (Å²) in [5.74, 6) is -2.77. The van der Waals surface area contributed by atoms with Gasteiger partial charge in [-0.25, -0.2) is 8.78 Å². The first kappa shape index (κ1) is 13.6. The second-order valence-electron chi connectivity index (χ2n) is 4.55. The van der Waals surface area contributed by atoms with Crippen molar-refractivity contribution in [1.29, 1.82) is 0 Å². The Morgan fingerprint density at radius 3 is 2.71 bits per heavy atom. The quantitative estimate of drug-likeness (QED) is 0.557. The summed E-state index contributed by atoms with van der Waals surface area (Å²) in [4.78, 5) is 15.3. The van der Waals surface area contributed by atoms with Crippen LogP contribution in [0, 0.1) is 11.6 Å². The summed E-state index contributed by atoms with van der Waals surface area (Å²) in [7, 11) is 0. The minimum Gasteiger partial charge on any atom is -0.396 e. The van der Waals surface area contributed by atoms with Gasteiger partial charge in [0.2, 0.25) is 5.78 Å². The summed E-state index contributed by atoms with van der Waals surface area (Å²) in [5, 5.41) is 1.02. The van der Waals surface area contributed by atoms with Crippen molar-refractivity contribution >= 4 is 34.0 Å². The van der Waals surface area contributed by atoms with Gasteiger partial charge in [-0.2, -0.15) is 0 Å². The molecule has 0 atom stereocenters. The number of nitrogens with two attached hydrogens (primary N) is 1. The molecule has 0 radical (unpaired) electrons. The maximum atomic E-state index is 14.0. The molecule has 0 aliphatic heterocycles. The number of halogens is 3. The lowest BCUT2D eigenvalue weighted by molar-refractivity contribution is 0.103. The van der Waals surface area contributed by atoms with E-state index < -0.39 is 23.0 Å². The Kier molecular flexibility index (Phi) is 3.14. The van der Waals surface area contributed by atoms with Crippen molar-refractivity contribution in [3.8, 4) is 0 Å². The SMILES string of the molecule is Nc1ccc(F)c(C(=O)c2c[nH]c3cc(Cl)ccc23)c1F. The van der Waals surface area contributed by atoms with E-state index in [2.05, 4.69) is 4.98 Å². The van der Waals surface area contributed by atoms with E-state index >= 15 is 0 Å². The number of aromatic nitrogens is 1. The number of fused-ring (bicyclic) bond motifs is 1. The highest BCUT2D eigenvalue weighted by Crippen LogP contribution is 2.27. The van der Waals surface area contributed by atoms with Crippen molar-refractivity contribution in [1.82, 2.24) is 4.98 Å². The molecule has 0 aliphatic rings. The highest BCUT2D eigenvalue weighted by molar-refractivity contribution is 6.31. The van der Waals surface area contributed by atoms with Crippen LogP contribution < -0.4 is 5.73 Å². The first-order chi connectivity index (χ1) is 9.99. The Labute approximate surface area is 123 Å². The van der Waals surface area contributed by atoms with Crippen molar-refractivity contribution in [2.24, 2.45) is 0 Å². The van der Waals surface area contributed by atoms with Crippen LogP contribution in [-0.2, 0) is 0 Å². The number of rotatable bonds is 2. The predicted octanol–water partition coefficient (Wildman–Crippen LogP) is 3.91. The lowest BCUT2D eigenvalue weighted by atomic mass is 10.0. The minimum absolute atomic E-state index is 0.157. The summed E-state index contributed by atoms with van der Waals surface area (Å²) in [6.45, 7) is 0. The van der Waals surface area contributed by atoms with Crippen LogP contribution in [0.4, 0.5) is 14.5 Å². The molecule has 0 aliphatic carbocycles. The van der Waals surface area contributed by atoms with E-state index in [1.165, 1.54) is 6.20 Å². The van der Waals surface area contributed by atoms with Crippen molar-refractivity contribution in [2.75, 3.05) is 5.73 Å². The number of aromatic amines is 1. The Bertz CT molecular complexity index is 873. The fraction of sp³-hybridized carbons (Fsp3) is 0. The third kappa shape index (κ3) is 2.15. The van der Waals surface area contributed by atoms with Gasteiger partial charge in [-0.15, -0.1) is 0 Å². The number of carbonyl (C=O) groups is 1. The smallest absolute Gasteiger partial charge is 0.201 e. The molecular weight excluding hydrogens is 298 g/mol. The van der Waals surface area contributed by atoms with Gasteiger partial charge in [0.05, 0.1) is 11.3 Å². The van der Waals surface area contributed by atoms with Crippen LogP contribution in [0.3, 0.4) is 0 Å². The molecule has 21 heavy (non-hydrogen) atoms. The lowest BCUT2D eigenvalue weighted by Gasteiger charge is -2.05. The van der Waals surface area contributed by atoms with E-state index in [0.717, 1.165) is 12.1 Å². The molecule has 6 heteroatoms. The number of hydrogen-bond acceptors (Lipinski definition) is 2. The highest BCUT2D eigenvalue weighted by Gasteiger charge is 2.23. The molecule has 3 rings (SSSR count). The fourth-order valence-electron chi connectivity index (χ4n) is 2.20. The number of hydrogen-bond donors (Lipinski definition) is 2. The zero-order chi connectivity index (χ0) is 15.1. The van der Waals surface area contributed by atoms with Gasteiger partial charge in [-0.3, -0.25) is 4.79 Å². The average molecular weight is 307 g/mol. The van der Waals surface area contributed by atoms with Crippen molar-refractivity contribution in [3.63, 3.8) is 0 Å². The third-order valence-electron chi connectivity index (χ3n) is 3.24. The topological polar surface area (TPSA) is 58.9 Å². The van der Waals surface area contributed by atoms with Gasteiger partial charge in [-0.05, 0) is 24.3 Å². The lowest BCUT2D eigenvalue weighted by Crippen LogP contribution is -2.09. The van der Waals surface area contributed by atoms with Crippen LogP contribution in [0.2, 0.25) is 5.02 Å². The molecule has 1 aromatic heterocycles. The van der Waals surface area contributed by atoms with Gasteiger partial charge in [0.1, 0.15) is 5.82 Å². The van der Waals surface area contributed by atoms with E-state index in [0.29, 0.717) is 15.9 Å². The number of H-pyrrole nitrogens is 1. The van der Waals surface area contributed by atoms with Crippen LogP contribution >= 0.6 is 11.6 Å². The summed E-state index contributed by atoms with van der Waals surface area (Å²) in [6, 6.07) is 6.89. The molecule has 0 bridgehead atoms. The largest absolute Gasteiger partial charge is 0.396 e. The Balaban J connectivity index is 2.20. The molecule has 0 fully saturated rings. The first-order valence-electron chi connectivity index (χ1n) is 6.04. The first-order valence-corrected chi connectivity index (χ1v) is 6.41. The van der Waals surface area contributed by atoms with Gasteiger partial charge >= 0.3 is 0 Å². The number of nitrogens with one attached hydrogen (secondary N) is 1. The number of anilines is 1. The fourth-order valence-corrected chi connectivity index (χ4v) is 2.37. The molecule has 106 valence electrons. The van der Waals surface area contributed by atoms with Crippen molar-refractivity contribution in [3.05, 3.63) is 64.3 Å². The van der Waals surface area contributed by atoms with Gasteiger partial charge in [0.25, 0.3) is 0 Å². The van der Waals surface area contributed by atoms with E-state index in [9.17, 15) is 13.6 Å². The summed E-state index contributed by atoms with van der Waals surface area (Å²) < 4.78 is 27.7. The van der Waals surface area contributed by atoms with Crippen LogP contribution in [0.1, 0.15) is 15.9 Å². The standard InChI is InChI=1S/C15H9ClF2N2O/c16-7-1-2-8-9(6-20-12(8)5-7)15(21)13-10(17)3-4-11(19)14(13)18/h1-6,20H,19H2. The Morgan fingerprint density at radius 2 is 1.95 bits per heavy atom. The molecule has 3 nitrogen and oxygen atoms in total. The van der Waals surface area contributed by atoms with Crippen LogP contribution in [-0.4, -0.2) is 10.8 Å². The van der Waals surface area contributed by atoms with Gasteiger partial charge in [0.15, 0.2) is 5.82 Å². The molecule has 3 aromatic rings. The molecule has 0 saturated heterocycles. The zero-order valence-electron chi connectivity index (χ0n) is 10.6.